The lowest BCUT2D eigenvalue weighted by Gasteiger charge is -2.25. The molecule has 1 saturated heterocycles. The van der Waals surface area contributed by atoms with Crippen molar-refractivity contribution in [2.75, 3.05) is 13.2 Å². The fraction of sp³-hybridized carbons (Fsp3) is 0.438. The number of alkyl halides is 3. The molecule has 118 valence electrons. The van der Waals surface area contributed by atoms with E-state index in [4.69, 9.17) is 4.74 Å². The lowest BCUT2D eigenvalue weighted by molar-refractivity contribution is -0.142. The summed E-state index contributed by atoms with van der Waals surface area (Å²) in [7, 11) is 0. The van der Waals surface area contributed by atoms with Crippen molar-refractivity contribution in [2.24, 2.45) is 0 Å². The van der Waals surface area contributed by atoms with Crippen LogP contribution < -0.4 is 0 Å². The Kier molecular flexibility index (Phi) is 4.16. The monoisotopic (exact) mass is 373 g/mol. The summed E-state index contributed by atoms with van der Waals surface area (Å²) in [5.74, 6) is -0.157. The van der Waals surface area contributed by atoms with E-state index in [2.05, 4.69) is 20.9 Å². The Balaban J connectivity index is 2.23. The number of nitrogens with zero attached hydrogens (tertiary/aromatic N) is 1. The van der Waals surface area contributed by atoms with Gasteiger partial charge in [0.15, 0.2) is 0 Å². The first-order valence-corrected chi connectivity index (χ1v) is 7.91. The molecule has 2 heterocycles. The highest BCUT2D eigenvalue weighted by Gasteiger charge is 2.38. The molecule has 0 bridgehead atoms. The van der Waals surface area contributed by atoms with Crippen LogP contribution in [0.3, 0.4) is 0 Å². The van der Waals surface area contributed by atoms with Gasteiger partial charge >= 0.3 is 6.18 Å². The van der Waals surface area contributed by atoms with Crippen molar-refractivity contribution in [3.05, 3.63) is 39.5 Å². The maximum Gasteiger partial charge on any atom is 0.433 e. The third-order valence-corrected chi connectivity index (χ3v) is 4.64. The fourth-order valence-electron chi connectivity index (χ4n) is 2.93. The number of aromatic nitrogens is 1. The van der Waals surface area contributed by atoms with Crippen LogP contribution >= 0.6 is 15.9 Å². The highest BCUT2D eigenvalue weighted by Crippen LogP contribution is 2.40. The lowest BCUT2D eigenvalue weighted by atomic mass is 9.89. The van der Waals surface area contributed by atoms with E-state index in [1.54, 1.807) is 12.1 Å². The van der Waals surface area contributed by atoms with Crippen LogP contribution in [-0.4, -0.2) is 18.2 Å². The molecule has 1 aromatic heterocycles. The minimum atomic E-state index is -4.45. The number of ether oxygens (including phenoxy) is 1. The van der Waals surface area contributed by atoms with Gasteiger partial charge in [0.05, 0.1) is 5.52 Å². The van der Waals surface area contributed by atoms with E-state index >= 15 is 0 Å². The molecule has 6 heteroatoms. The second-order valence-electron chi connectivity index (χ2n) is 5.62. The average Bonchev–Trinajstić information content (AvgIpc) is 2.46. The molecule has 0 saturated carbocycles. The molecule has 0 amide bonds. The molecule has 0 N–H and O–H groups in total. The first-order chi connectivity index (χ1) is 10.4. The highest BCUT2D eigenvalue weighted by molar-refractivity contribution is 9.10. The summed E-state index contributed by atoms with van der Waals surface area (Å²) < 4.78 is 46.3. The largest absolute Gasteiger partial charge is 0.433 e. The third-order valence-electron chi connectivity index (χ3n) is 3.99. The number of pyridine rings is 1. The Bertz CT molecular complexity index is 709. The molecule has 0 spiro atoms. The minimum absolute atomic E-state index is 0.157. The van der Waals surface area contributed by atoms with Gasteiger partial charge in [-0.1, -0.05) is 15.9 Å². The van der Waals surface area contributed by atoms with Gasteiger partial charge in [-0.15, -0.1) is 0 Å². The van der Waals surface area contributed by atoms with Crippen molar-refractivity contribution in [1.82, 2.24) is 4.98 Å². The Hall–Kier alpha value is -1.14. The predicted molar refractivity (Wildman–Crippen MR) is 82.0 cm³/mol. The number of benzene rings is 1. The Morgan fingerprint density at radius 3 is 2.50 bits per heavy atom. The number of fused-ring (bicyclic) bond motifs is 1. The summed E-state index contributed by atoms with van der Waals surface area (Å²) in [6.07, 6.45) is -3.25. The second-order valence-corrected chi connectivity index (χ2v) is 6.48. The molecule has 1 aromatic carbocycles. The second kappa shape index (κ2) is 5.81. The zero-order valence-corrected chi connectivity index (χ0v) is 13.6. The molecule has 22 heavy (non-hydrogen) atoms. The first kappa shape index (κ1) is 15.7. The van der Waals surface area contributed by atoms with Gasteiger partial charge in [0.25, 0.3) is 0 Å². The first-order valence-electron chi connectivity index (χ1n) is 7.12. The molecule has 0 radical (unpaired) electrons. The van der Waals surface area contributed by atoms with Gasteiger partial charge in [0.2, 0.25) is 0 Å². The van der Waals surface area contributed by atoms with Crippen molar-refractivity contribution in [2.45, 2.75) is 31.9 Å². The highest BCUT2D eigenvalue weighted by atomic mass is 79.9. The predicted octanol–water partition coefficient (Wildman–Crippen LogP) is 5.22. The van der Waals surface area contributed by atoms with E-state index in [0.717, 1.165) is 15.4 Å². The summed E-state index contributed by atoms with van der Waals surface area (Å²) in [4.78, 5) is 3.95. The fourth-order valence-corrected chi connectivity index (χ4v) is 3.60. The van der Waals surface area contributed by atoms with E-state index in [9.17, 15) is 13.2 Å². The maximum atomic E-state index is 13.4. The summed E-state index contributed by atoms with van der Waals surface area (Å²) >= 11 is 3.43. The zero-order valence-electron chi connectivity index (χ0n) is 12.0. The number of rotatable bonds is 1. The SMILES string of the molecule is Cc1cc(Br)c2cc(C3CCOCC3)c(C(F)(F)F)nc2c1. The van der Waals surface area contributed by atoms with Crippen LogP contribution in [0.5, 0.6) is 0 Å². The summed E-state index contributed by atoms with van der Waals surface area (Å²) in [6.45, 7) is 2.83. The van der Waals surface area contributed by atoms with Crippen LogP contribution in [0.4, 0.5) is 13.2 Å². The molecule has 0 atom stereocenters. The smallest absolute Gasteiger partial charge is 0.381 e. The maximum absolute atomic E-state index is 13.4. The normalized spacial score (nSPS) is 17.1. The van der Waals surface area contributed by atoms with Crippen LogP contribution in [0.1, 0.15) is 35.6 Å². The standard InChI is InChI=1S/C16H15BrF3NO/c1-9-6-13(17)12-8-11(10-2-4-22-5-3-10)15(16(18,19)20)21-14(12)7-9/h6-8,10H,2-5H2,1H3. The van der Waals surface area contributed by atoms with Gasteiger partial charge in [-0.2, -0.15) is 13.2 Å². The van der Waals surface area contributed by atoms with E-state index in [-0.39, 0.29) is 11.5 Å². The van der Waals surface area contributed by atoms with Gasteiger partial charge < -0.3 is 4.74 Å². The van der Waals surface area contributed by atoms with Gasteiger partial charge in [-0.05, 0) is 55.0 Å². The van der Waals surface area contributed by atoms with Crippen molar-refractivity contribution in [1.29, 1.82) is 0 Å². The number of halogens is 4. The van der Waals surface area contributed by atoms with Gasteiger partial charge in [-0.25, -0.2) is 4.98 Å². The van der Waals surface area contributed by atoms with Gasteiger partial charge in [0.1, 0.15) is 5.69 Å². The Morgan fingerprint density at radius 1 is 1.18 bits per heavy atom. The topological polar surface area (TPSA) is 22.1 Å². The molecule has 2 nitrogen and oxygen atoms in total. The number of aryl methyl sites for hydroxylation is 1. The molecule has 2 aromatic rings. The minimum Gasteiger partial charge on any atom is -0.381 e. The average molecular weight is 374 g/mol. The summed E-state index contributed by atoms with van der Waals surface area (Å²) in [6, 6.07) is 5.22. The van der Waals surface area contributed by atoms with Crippen LogP contribution in [0, 0.1) is 6.92 Å². The van der Waals surface area contributed by atoms with Crippen molar-refractivity contribution >= 4 is 26.8 Å². The van der Waals surface area contributed by atoms with Crippen LogP contribution in [0.2, 0.25) is 0 Å². The van der Waals surface area contributed by atoms with E-state index in [1.807, 2.05) is 13.0 Å². The van der Waals surface area contributed by atoms with Crippen molar-refractivity contribution in [3.63, 3.8) is 0 Å². The van der Waals surface area contributed by atoms with Gasteiger partial charge in [-0.3, -0.25) is 0 Å². The van der Waals surface area contributed by atoms with E-state index < -0.39 is 11.9 Å². The molecule has 1 aliphatic heterocycles. The molecule has 1 aliphatic rings. The van der Waals surface area contributed by atoms with Crippen LogP contribution in [0.25, 0.3) is 10.9 Å². The molecular formula is C16H15BrF3NO. The summed E-state index contributed by atoms with van der Waals surface area (Å²) in [5, 5.41) is 0.722. The molecule has 0 aliphatic carbocycles. The molecular weight excluding hydrogens is 359 g/mol. The number of hydrogen-bond acceptors (Lipinski definition) is 2. The zero-order chi connectivity index (χ0) is 15.9. The Morgan fingerprint density at radius 2 is 1.86 bits per heavy atom. The van der Waals surface area contributed by atoms with Crippen LogP contribution in [-0.2, 0) is 10.9 Å². The lowest BCUT2D eigenvalue weighted by Crippen LogP contribution is -2.20. The van der Waals surface area contributed by atoms with Crippen LogP contribution in [0.15, 0.2) is 22.7 Å². The molecule has 3 rings (SSSR count). The van der Waals surface area contributed by atoms with Crippen molar-refractivity contribution < 1.29 is 17.9 Å². The Labute approximate surface area is 134 Å². The summed E-state index contributed by atoms with van der Waals surface area (Å²) in [5.41, 5.74) is 0.770. The quantitative estimate of drug-likeness (QED) is 0.683. The van der Waals surface area contributed by atoms with E-state index in [1.165, 1.54) is 0 Å². The van der Waals surface area contributed by atoms with E-state index in [0.29, 0.717) is 31.6 Å². The molecule has 0 unspecified atom stereocenters. The molecule has 1 fully saturated rings. The third kappa shape index (κ3) is 2.99. The van der Waals surface area contributed by atoms with Crippen molar-refractivity contribution in [3.8, 4) is 0 Å². The van der Waals surface area contributed by atoms with Gasteiger partial charge in [0, 0.05) is 23.1 Å². The number of hydrogen-bond donors (Lipinski definition) is 0.